The first-order valence-corrected chi connectivity index (χ1v) is 13.5. The number of thiazole rings is 1. The molecule has 174 valence electrons. The van der Waals surface area contributed by atoms with Gasteiger partial charge in [0.1, 0.15) is 22.6 Å². The summed E-state index contributed by atoms with van der Waals surface area (Å²) < 4.78 is 48.3. The smallest absolute Gasteiger partial charge is 0.266 e. The predicted octanol–water partition coefficient (Wildman–Crippen LogP) is 5.31. The van der Waals surface area contributed by atoms with Gasteiger partial charge < -0.3 is 4.74 Å². The molecule has 10 heteroatoms. The summed E-state index contributed by atoms with van der Waals surface area (Å²) in [5.74, 6) is -0.744. The quantitative estimate of drug-likeness (QED) is 0.469. The summed E-state index contributed by atoms with van der Waals surface area (Å²) in [6.07, 6.45) is 5.24. The molecular formula is C23H23ClFN3O3S2. The zero-order valence-electron chi connectivity index (χ0n) is 17.7. The van der Waals surface area contributed by atoms with Gasteiger partial charge in [0.25, 0.3) is 10.0 Å². The second kappa shape index (κ2) is 9.21. The minimum Gasteiger partial charge on any atom is -0.489 e. The molecule has 3 atom stereocenters. The predicted molar refractivity (Wildman–Crippen MR) is 127 cm³/mol. The van der Waals surface area contributed by atoms with Crippen LogP contribution in [0.4, 0.5) is 9.52 Å². The highest BCUT2D eigenvalue weighted by atomic mass is 35.5. The first-order valence-electron chi connectivity index (χ1n) is 10.8. The number of piperidine rings is 1. The lowest BCUT2D eigenvalue weighted by molar-refractivity contribution is 0.0444. The number of nitrogens with zero attached hydrogens (tertiary/aromatic N) is 2. The minimum atomic E-state index is -4.15. The third-order valence-corrected chi connectivity index (χ3v) is 8.74. The van der Waals surface area contributed by atoms with Crippen LogP contribution in [0.2, 0.25) is 5.02 Å². The number of rotatable bonds is 7. The number of nitrogens with one attached hydrogen (secondary N) is 1. The molecule has 33 heavy (non-hydrogen) atoms. The number of hydrogen-bond donors (Lipinski definition) is 1. The van der Waals surface area contributed by atoms with Crippen LogP contribution < -0.4 is 9.46 Å². The van der Waals surface area contributed by atoms with Crippen molar-refractivity contribution in [2.24, 2.45) is 0 Å². The Hall–Kier alpha value is -2.20. The van der Waals surface area contributed by atoms with E-state index < -0.39 is 20.7 Å². The molecule has 2 fully saturated rings. The maximum atomic E-state index is 14.8. The van der Waals surface area contributed by atoms with Crippen LogP contribution in [0.25, 0.3) is 0 Å². The van der Waals surface area contributed by atoms with Crippen LogP contribution in [-0.4, -0.2) is 36.5 Å². The standard InChI is InChI=1S/C23H23ClFN3O3S2/c24-19-12-22(33(29,30)27-23-26-8-9-32-23)20(25)13-21(19)31-18-10-16-6-7-17(11-18)28(16)14-15-4-2-1-3-5-15/h1-5,8-9,12-13,16-18H,6-7,10-11,14H2,(H,26,27)/t16-,17+,18?. The third kappa shape index (κ3) is 4.87. The molecule has 2 aliphatic heterocycles. The number of sulfonamides is 1. The van der Waals surface area contributed by atoms with Crippen LogP contribution in [0, 0.1) is 5.82 Å². The number of aromatic nitrogens is 1. The number of hydrogen-bond acceptors (Lipinski definition) is 6. The van der Waals surface area contributed by atoms with E-state index in [-0.39, 0.29) is 22.0 Å². The van der Waals surface area contributed by atoms with Crippen molar-refractivity contribution in [3.05, 3.63) is 70.4 Å². The van der Waals surface area contributed by atoms with Gasteiger partial charge in [0.15, 0.2) is 5.13 Å². The van der Waals surface area contributed by atoms with Gasteiger partial charge in [-0.2, -0.15) is 0 Å². The number of benzene rings is 2. The van der Waals surface area contributed by atoms with Crippen LogP contribution in [0.1, 0.15) is 31.2 Å². The summed E-state index contributed by atoms with van der Waals surface area (Å²) in [6, 6.07) is 13.4. The average Bonchev–Trinajstić information content (AvgIpc) is 3.36. The lowest BCUT2D eigenvalue weighted by Crippen LogP contribution is -2.45. The Balaban J connectivity index is 1.28. The normalized spacial score (nSPS) is 22.9. The van der Waals surface area contributed by atoms with E-state index in [1.54, 1.807) is 5.38 Å². The van der Waals surface area contributed by atoms with E-state index in [9.17, 15) is 12.8 Å². The Morgan fingerprint density at radius 1 is 1.18 bits per heavy atom. The van der Waals surface area contributed by atoms with Gasteiger partial charge in [0.05, 0.1) is 5.02 Å². The maximum Gasteiger partial charge on any atom is 0.266 e. The molecule has 3 aromatic rings. The fourth-order valence-electron chi connectivity index (χ4n) is 4.80. The van der Waals surface area contributed by atoms with E-state index in [0.717, 1.165) is 55.7 Å². The Morgan fingerprint density at radius 3 is 2.58 bits per heavy atom. The highest BCUT2D eigenvalue weighted by molar-refractivity contribution is 7.93. The SMILES string of the molecule is O=S(=O)(Nc1nccs1)c1cc(Cl)c(OC2C[C@H]3CC[C@@H](C2)N3Cc2ccccc2)cc1F. The molecule has 1 unspecified atom stereocenters. The van der Waals surface area contributed by atoms with E-state index >= 15 is 0 Å². The first-order chi connectivity index (χ1) is 15.9. The Bertz CT molecular complexity index is 1210. The van der Waals surface area contributed by atoms with Crippen molar-refractivity contribution in [2.75, 3.05) is 4.72 Å². The van der Waals surface area contributed by atoms with E-state index in [0.29, 0.717) is 12.1 Å². The molecule has 2 bridgehead atoms. The zero-order valence-corrected chi connectivity index (χ0v) is 20.0. The van der Waals surface area contributed by atoms with Gasteiger partial charge in [-0.05, 0) is 37.3 Å². The van der Waals surface area contributed by atoms with Gasteiger partial charge in [-0.15, -0.1) is 11.3 Å². The number of anilines is 1. The van der Waals surface area contributed by atoms with E-state index in [4.69, 9.17) is 16.3 Å². The largest absolute Gasteiger partial charge is 0.489 e. The van der Waals surface area contributed by atoms with E-state index in [1.807, 2.05) is 6.07 Å². The highest BCUT2D eigenvalue weighted by Crippen LogP contribution is 2.40. The molecule has 1 aromatic heterocycles. The second-order valence-electron chi connectivity index (χ2n) is 8.41. The second-order valence-corrected chi connectivity index (χ2v) is 11.4. The Labute approximate surface area is 201 Å². The monoisotopic (exact) mass is 507 g/mol. The van der Waals surface area contributed by atoms with Crippen molar-refractivity contribution in [1.29, 1.82) is 0 Å². The van der Waals surface area contributed by atoms with Gasteiger partial charge in [0, 0.05) is 36.3 Å². The minimum absolute atomic E-state index is 0.0648. The van der Waals surface area contributed by atoms with E-state index in [1.165, 1.54) is 11.8 Å². The van der Waals surface area contributed by atoms with Gasteiger partial charge in [0.2, 0.25) is 0 Å². The molecule has 6 nitrogen and oxygen atoms in total. The van der Waals surface area contributed by atoms with Gasteiger partial charge in [-0.1, -0.05) is 41.9 Å². The number of ether oxygens (including phenoxy) is 1. The molecule has 5 rings (SSSR count). The van der Waals surface area contributed by atoms with Crippen LogP contribution in [0.15, 0.2) is 58.9 Å². The van der Waals surface area contributed by atoms with Crippen molar-refractivity contribution < 1.29 is 17.5 Å². The molecule has 0 spiro atoms. The molecule has 0 amide bonds. The van der Waals surface area contributed by atoms with Crippen LogP contribution in [-0.2, 0) is 16.6 Å². The Morgan fingerprint density at radius 2 is 1.91 bits per heavy atom. The van der Waals surface area contributed by atoms with Crippen molar-refractivity contribution >= 4 is 38.1 Å². The van der Waals surface area contributed by atoms with Crippen molar-refractivity contribution in [3.63, 3.8) is 0 Å². The van der Waals surface area contributed by atoms with Crippen LogP contribution in [0.5, 0.6) is 5.75 Å². The van der Waals surface area contributed by atoms with Gasteiger partial charge in [-0.3, -0.25) is 9.62 Å². The molecule has 2 aromatic carbocycles. The lowest BCUT2D eigenvalue weighted by Gasteiger charge is -2.39. The summed E-state index contributed by atoms with van der Waals surface area (Å²) in [5, 5.41) is 1.84. The Kier molecular flexibility index (Phi) is 6.30. The molecule has 2 aliphatic rings. The summed E-state index contributed by atoms with van der Waals surface area (Å²) in [5.41, 5.74) is 1.29. The molecule has 0 saturated carbocycles. The molecular weight excluding hydrogens is 485 g/mol. The first kappa shape index (κ1) is 22.6. The zero-order chi connectivity index (χ0) is 23.0. The van der Waals surface area contributed by atoms with Crippen LogP contribution in [0.3, 0.4) is 0 Å². The van der Waals surface area contributed by atoms with Crippen molar-refractivity contribution in [3.8, 4) is 5.75 Å². The van der Waals surface area contributed by atoms with E-state index in [2.05, 4.69) is 38.9 Å². The van der Waals surface area contributed by atoms with Crippen molar-refractivity contribution in [2.45, 2.75) is 55.3 Å². The molecule has 3 heterocycles. The molecule has 1 N–H and O–H groups in total. The lowest BCUT2D eigenvalue weighted by atomic mass is 9.98. The fourth-order valence-corrected chi connectivity index (χ4v) is 6.95. The highest BCUT2D eigenvalue weighted by Gasteiger charge is 2.41. The molecule has 0 aliphatic carbocycles. The van der Waals surface area contributed by atoms with Crippen LogP contribution >= 0.6 is 22.9 Å². The van der Waals surface area contributed by atoms with Gasteiger partial charge >= 0.3 is 0 Å². The number of halogens is 2. The number of fused-ring (bicyclic) bond motifs is 2. The van der Waals surface area contributed by atoms with Crippen molar-refractivity contribution in [1.82, 2.24) is 9.88 Å². The maximum absolute atomic E-state index is 14.8. The summed E-state index contributed by atoms with van der Waals surface area (Å²) >= 11 is 7.43. The molecule has 2 saturated heterocycles. The average molecular weight is 508 g/mol. The third-order valence-electron chi connectivity index (χ3n) is 6.27. The fraction of sp³-hybridized carbons (Fsp3) is 0.348. The van der Waals surface area contributed by atoms with Gasteiger partial charge in [-0.25, -0.2) is 17.8 Å². The summed E-state index contributed by atoms with van der Waals surface area (Å²) in [4.78, 5) is 5.88. The summed E-state index contributed by atoms with van der Waals surface area (Å²) in [6.45, 7) is 0.914. The summed E-state index contributed by atoms with van der Waals surface area (Å²) in [7, 11) is -4.15. The molecule has 0 radical (unpaired) electrons. The topological polar surface area (TPSA) is 71.5 Å².